The third kappa shape index (κ3) is 4.73. The zero-order valence-electron chi connectivity index (χ0n) is 12.6. The lowest BCUT2D eigenvalue weighted by Gasteiger charge is -2.11. The molecule has 2 aromatic rings. The summed E-state index contributed by atoms with van der Waals surface area (Å²) in [5.74, 6) is -0.330. The lowest BCUT2D eigenvalue weighted by Crippen LogP contribution is -2.15. The molecular weight excluding hydrogens is 326 g/mol. The maximum atomic E-state index is 12.1. The van der Waals surface area contributed by atoms with Gasteiger partial charge in [-0.2, -0.15) is 13.9 Å². The molecule has 10 heteroatoms. The number of carbonyl (C=O) groups excluding carboxylic acids is 1. The number of nitro groups is 1. The molecule has 8 nitrogen and oxygen atoms in total. The largest absolute Gasteiger partial charge is 0.435 e. The van der Waals surface area contributed by atoms with Gasteiger partial charge < -0.3 is 10.1 Å². The Hall–Kier alpha value is -3.04. The molecule has 0 saturated heterocycles. The summed E-state index contributed by atoms with van der Waals surface area (Å²) >= 11 is 0. The van der Waals surface area contributed by atoms with Gasteiger partial charge in [0.2, 0.25) is 5.91 Å². The molecule has 0 aliphatic carbocycles. The molecule has 1 N–H and O–H groups in total. The Balaban J connectivity index is 1.90. The van der Waals surface area contributed by atoms with Crippen molar-refractivity contribution in [2.45, 2.75) is 26.5 Å². The van der Waals surface area contributed by atoms with Crippen LogP contribution in [0.1, 0.15) is 12.0 Å². The number of aromatic nitrogens is 2. The van der Waals surface area contributed by atoms with Gasteiger partial charge in [0.25, 0.3) is 0 Å². The van der Waals surface area contributed by atoms with Gasteiger partial charge in [-0.1, -0.05) is 0 Å². The minimum Gasteiger partial charge on any atom is -0.435 e. The summed E-state index contributed by atoms with van der Waals surface area (Å²) in [6.45, 7) is -1.10. The minimum absolute atomic E-state index is 0.00403. The van der Waals surface area contributed by atoms with Crippen LogP contribution in [0.3, 0.4) is 0 Å². The average Bonchev–Trinajstić information content (AvgIpc) is 2.96. The molecule has 1 amide bonds. The zero-order valence-corrected chi connectivity index (χ0v) is 12.6. The molecule has 128 valence electrons. The van der Waals surface area contributed by atoms with Gasteiger partial charge in [0.15, 0.2) is 0 Å². The highest BCUT2D eigenvalue weighted by Gasteiger charge is 2.11. The lowest BCUT2D eigenvalue weighted by molar-refractivity contribution is -0.385. The van der Waals surface area contributed by atoms with Gasteiger partial charge in [0, 0.05) is 18.7 Å². The topological polar surface area (TPSA) is 99.3 Å². The lowest BCUT2D eigenvalue weighted by atomic mass is 10.2. The van der Waals surface area contributed by atoms with Gasteiger partial charge in [-0.15, -0.1) is 0 Å². The van der Waals surface area contributed by atoms with E-state index in [1.807, 2.05) is 0 Å². The average molecular weight is 340 g/mol. The van der Waals surface area contributed by atoms with Crippen LogP contribution in [0.4, 0.5) is 20.2 Å². The van der Waals surface area contributed by atoms with E-state index in [2.05, 4.69) is 15.2 Å². The quantitative estimate of drug-likeness (QED) is 0.617. The van der Waals surface area contributed by atoms with E-state index >= 15 is 0 Å². The molecule has 1 heterocycles. The second-order valence-corrected chi connectivity index (χ2v) is 4.87. The van der Waals surface area contributed by atoms with Gasteiger partial charge in [-0.05, 0) is 30.7 Å². The number of carbonyl (C=O) groups is 1. The van der Waals surface area contributed by atoms with Crippen LogP contribution in [0, 0.1) is 17.0 Å². The third-order valence-corrected chi connectivity index (χ3v) is 3.10. The molecule has 0 atom stereocenters. The summed E-state index contributed by atoms with van der Waals surface area (Å²) in [7, 11) is 0. The first-order valence-electron chi connectivity index (χ1n) is 6.87. The predicted molar refractivity (Wildman–Crippen MR) is 79.9 cm³/mol. The van der Waals surface area contributed by atoms with Crippen LogP contribution in [0.2, 0.25) is 0 Å². The van der Waals surface area contributed by atoms with Crippen molar-refractivity contribution < 1.29 is 23.2 Å². The van der Waals surface area contributed by atoms with Crippen LogP contribution >= 0.6 is 0 Å². The second kappa shape index (κ2) is 7.49. The Bertz CT molecular complexity index is 748. The summed E-state index contributed by atoms with van der Waals surface area (Å²) in [6.07, 6.45) is 2.38. The number of benzene rings is 1. The van der Waals surface area contributed by atoms with Gasteiger partial charge >= 0.3 is 12.3 Å². The number of rotatable bonds is 7. The van der Waals surface area contributed by atoms with Crippen molar-refractivity contribution in [2.24, 2.45) is 0 Å². The van der Waals surface area contributed by atoms with Gasteiger partial charge in [-0.25, -0.2) is 0 Å². The SMILES string of the molecule is Cc1cc(OC(F)F)ccc1NC(=O)CCn1cc([N+](=O)[O-])cn1. The van der Waals surface area contributed by atoms with Crippen LogP contribution in [0.5, 0.6) is 5.75 Å². The minimum atomic E-state index is -2.91. The van der Waals surface area contributed by atoms with Crippen molar-refractivity contribution in [1.82, 2.24) is 9.78 Å². The Morgan fingerprint density at radius 1 is 1.50 bits per heavy atom. The Labute approximate surface area is 135 Å². The normalized spacial score (nSPS) is 10.7. The van der Waals surface area contributed by atoms with E-state index in [0.29, 0.717) is 11.3 Å². The van der Waals surface area contributed by atoms with Crippen LogP contribution in [0.25, 0.3) is 0 Å². The highest BCUT2D eigenvalue weighted by molar-refractivity contribution is 5.91. The standard InChI is InChI=1S/C14H14F2N4O4/c1-9-6-11(24-14(15)16)2-3-12(9)18-13(21)4-5-19-8-10(7-17-19)20(22)23/h2-3,6-8,14H,4-5H2,1H3,(H,18,21). The maximum absolute atomic E-state index is 12.1. The van der Waals surface area contributed by atoms with Crippen molar-refractivity contribution >= 4 is 17.3 Å². The molecule has 0 aliphatic rings. The van der Waals surface area contributed by atoms with E-state index in [-0.39, 0.29) is 30.3 Å². The van der Waals surface area contributed by atoms with Crippen molar-refractivity contribution in [2.75, 3.05) is 5.32 Å². The number of nitrogens with zero attached hydrogens (tertiary/aromatic N) is 3. The Morgan fingerprint density at radius 2 is 2.25 bits per heavy atom. The van der Waals surface area contributed by atoms with E-state index < -0.39 is 11.5 Å². The van der Waals surface area contributed by atoms with Crippen LogP contribution in [0.15, 0.2) is 30.6 Å². The van der Waals surface area contributed by atoms with E-state index in [1.54, 1.807) is 6.92 Å². The van der Waals surface area contributed by atoms with Crippen molar-refractivity contribution in [3.05, 3.63) is 46.3 Å². The molecule has 0 spiro atoms. The van der Waals surface area contributed by atoms with E-state index in [0.717, 1.165) is 6.20 Å². The number of amides is 1. The van der Waals surface area contributed by atoms with E-state index in [1.165, 1.54) is 29.1 Å². The van der Waals surface area contributed by atoms with E-state index in [9.17, 15) is 23.7 Å². The van der Waals surface area contributed by atoms with Gasteiger partial charge in [0.1, 0.15) is 18.1 Å². The smallest absolute Gasteiger partial charge is 0.387 e. The number of halogens is 2. The Morgan fingerprint density at radius 3 is 2.83 bits per heavy atom. The fourth-order valence-electron chi connectivity index (χ4n) is 1.95. The summed E-state index contributed by atoms with van der Waals surface area (Å²) in [5, 5.41) is 17.0. The number of alkyl halides is 2. The number of hydrogen-bond donors (Lipinski definition) is 1. The highest BCUT2D eigenvalue weighted by atomic mass is 19.3. The van der Waals surface area contributed by atoms with Gasteiger partial charge in [0.05, 0.1) is 4.92 Å². The summed E-state index contributed by atoms with van der Waals surface area (Å²) < 4.78 is 29.8. The fourth-order valence-corrected chi connectivity index (χ4v) is 1.95. The molecule has 1 aromatic carbocycles. The molecule has 24 heavy (non-hydrogen) atoms. The summed E-state index contributed by atoms with van der Waals surface area (Å²) in [4.78, 5) is 21.9. The summed E-state index contributed by atoms with van der Waals surface area (Å²) in [5.41, 5.74) is 0.880. The molecule has 0 aliphatic heterocycles. The summed E-state index contributed by atoms with van der Waals surface area (Å²) in [6, 6.07) is 4.17. The predicted octanol–water partition coefficient (Wildman–Crippen LogP) is 2.73. The monoisotopic (exact) mass is 340 g/mol. The highest BCUT2D eigenvalue weighted by Crippen LogP contribution is 2.22. The molecule has 0 unspecified atom stereocenters. The number of ether oxygens (including phenoxy) is 1. The maximum Gasteiger partial charge on any atom is 0.387 e. The van der Waals surface area contributed by atoms with Crippen LogP contribution in [-0.4, -0.2) is 27.2 Å². The third-order valence-electron chi connectivity index (χ3n) is 3.10. The van der Waals surface area contributed by atoms with E-state index in [4.69, 9.17) is 0 Å². The molecule has 1 aromatic heterocycles. The molecular formula is C14H14F2N4O4. The number of hydrogen-bond acceptors (Lipinski definition) is 5. The van der Waals surface area contributed by atoms with Crippen molar-refractivity contribution in [3.8, 4) is 5.75 Å². The first-order chi connectivity index (χ1) is 11.3. The molecule has 0 radical (unpaired) electrons. The second-order valence-electron chi connectivity index (χ2n) is 4.87. The van der Waals surface area contributed by atoms with Crippen LogP contribution < -0.4 is 10.1 Å². The molecule has 0 bridgehead atoms. The number of anilines is 1. The fraction of sp³-hybridized carbons (Fsp3) is 0.286. The Kier molecular flexibility index (Phi) is 5.40. The van der Waals surface area contributed by atoms with Crippen LogP contribution in [-0.2, 0) is 11.3 Å². The zero-order chi connectivity index (χ0) is 17.7. The first kappa shape index (κ1) is 17.3. The first-order valence-corrected chi connectivity index (χ1v) is 6.87. The van der Waals surface area contributed by atoms with Crippen molar-refractivity contribution in [3.63, 3.8) is 0 Å². The number of aryl methyl sites for hydroxylation is 2. The molecule has 2 rings (SSSR count). The van der Waals surface area contributed by atoms with Crippen molar-refractivity contribution in [1.29, 1.82) is 0 Å². The molecule has 0 fully saturated rings. The number of nitrogens with one attached hydrogen (secondary N) is 1. The van der Waals surface area contributed by atoms with Gasteiger partial charge in [-0.3, -0.25) is 19.6 Å². The molecule has 0 saturated carbocycles.